The molecule has 1 aromatic heterocycles. The number of nitrogens with one attached hydrogen (secondary N) is 1. The second-order valence-corrected chi connectivity index (χ2v) is 3.95. The third kappa shape index (κ3) is 3.48. The summed E-state index contributed by atoms with van der Waals surface area (Å²) in [5.74, 6) is 1.32. The fourth-order valence-corrected chi connectivity index (χ4v) is 1.72. The van der Waals surface area contributed by atoms with E-state index in [2.05, 4.69) is 15.3 Å². The van der Waals surface area contributed by atoms with Crippen LogP contribution in [0.3, 0.4) is 0 Å². The predicted octanol–water partition coefficient (Wildman–Crippen LogP) is 2.52. The molecule has 4 nitrogen and oxygen atoms in total. The van der Waals surface area contributed by atoms with Gasteiger partial charge in [-0.3, -0.25) is 0 Å². The number of anilines is 2. The topological polar surface area (TPSA) is 41.1 Å². The van der Waals surface area contributed by atoms with Crippen molar-refractivity contribution in [3.8, 4) is 0 Å². The van der Waals surface area contributed by atoms with Crippen molar-refractivity contribution < 1.29 is 13.2 Å². The molecule has 0 saturated carbocycles. The monoisotopic (exact) mass is 262 g/mol. The third-order valence-corrected chi connectivity index (χ3v) is 2.52. The van der Waals surface area contributed by atoms with Crippen molar-refractivity contribution in [2.75, 3.05) is 30.4 Å². The average molecular weight is 262 g/mol. The molecule has 102 valence electrons. The quantitative estimate of drug-likeness (QED) is 0.905. The first-order chi connectivity index (χ1) is 8.28. The zero-order valence-corrected chi connectivity index (χ0v) is 10.9. The number of aryl methyl sites for hydroxylation is 1. The molecule has 0 fully saturated rings. The number of rotatable bonds is 4. The Morgan fingerprint density at radius 3 is 2.28 bits per heavy atom. The van der Waals surface area contributed by atoms with Crippen LogP contribution in [0.25, 0.3) is 0 Å². The average Bonchev–Trinajstić information content (AvgIpc) is 2.27. The van der Waals surface area contributed by atoms with E-state index in [0.717, 1.165) is 0 Å². The number of halogens is 3. The molecular weight excluding hydrogens is 245 g/mol. The van der Waals surface area contributed by atoms with Crippen LogP contribution in [0, 0.1) is 13.8 Å². The van der Waals surface area contributed by atoms with Crippen LogP contribution < -0.4 is 10.2 Å². The Kier molecular flexibility index (Phi) is 4.37. The van der Waals surface area contributed by atoms with Crippen molar-refractivity contribution in [2.45, 2.75) is 26.9 Å². The SMILES string of the molecule is CCN(CC(F)(F)F)c1nc(C)nc(NC)c1C. The molecule has 0 radical (unpaired) electrons. The first-order valence-corrected chi connectivity index (χ1v) is 5.63. The number of alkyl halides is 3. The summed E-state index contributed by atoms with van der Waals surface area (Å²) in [6.07, 6.45) is -4.25. The largest absolute Gasteiger partial charge is 0.405 e. The smallest absolute Gasteiger partial charge is 0.373 e. The minimum Gasteiger partial charge on any atom is -0.373 e. The van der Waals surface area contributed by atoms with Crippen LogP contribution in [0.4, 0.5) is 24.8 Å². The molecule has 1 aromatic rings. The Morgan fingerprint density at radius 2 is 1.83 bits per heavy atom. The number of nitrogens with zero attached hydrogens (tertiary/aromatic N) is 3. The van der Waals surface area contributed by atoms with Crippen molar-refractivity contribution in [3.63, 3.8) is 0 Å². The van der Waals surface area contributed by atoms with Gasteiger partial charge in [0.15, 0.2) is 0 Å². The third-order valence-electron chi connectivity index (χ3n) is 2.52. The summed E-state index contributed by atoms with van der Waals surface area (Å²) in [5, 5.41) is 2.86. The molecular formula is C11H17F3N4. The van der Waals surface area contributed by atoms with Gasteiger partial charge in [-0.1, -0.05) is 0 Å². The van der Waals surface area contributed by atoms with Gasteiger partial charge in [0.1, 0.15) is 24.0 Å². The molecule has 0 spiro atoms. The van der Waals surface area contributed by atoms with Crippen LogP contribution in [0.5, 0.6) is 0 Å². The van der Waals surface area contributed by atoms with E-state index in [4.69, 9.17) is 0 Å². The Labute approximate surface area is 104 Å². The van der Waals surface area contributed by atoms with Gasteiger partial charge in [0.2, 0.25) is 0 Å². The minimum atomic E-state index is -4.25. The molecule has 18 heavy (non-hydrogen) atoms. The second-order valence-electron chi connectivity index (χ2n) is 3.95. The summed E-state index contributed by atoms with van der Waals surface area (Å²) in [7, 11) is 1.68. The van der Waals surface area contributed by atoms with Gasteiger partial charge in [-0.25, -0.2) is 9.97 Å². The molecule has 0 saturated heterocycles. The van der Waals surface area contributed by atoms with Gasteiger partial charge in [0.25, 0.3) is 0 Å². The Balaban J connectivity index is 3.17. The Bertz CT molecular complexity index is 417. The lowest BCUT2D eigenvalue weighted by molar-refractivity contribution is -0.119. The van der Waals surface area contributed by atoms with Crippen molar-refractivity contribution in [3.05, 3.63) is 11.4 Å². The molecule has 0 atom stereocenters. The molecule has 0 amide bonds. The van der Waals surface area contributed by atoms with E-state index in [1.165, 1.54) is 4.90 Å². The van der Waals surface area contributed by atoms with Crippen LogP contribution in [0.1, 0.15) is 18.3 Å². The van der Waals surface area contributed by atoms with Crippen LogP contribution in [-0.2, 0) is 0 Å². The van der Waals surface area contributed by atoms with Gasteiger partial charge >= 0.3 is 6.18 Å². The van der Waals surface area contributed by atoms with Crippen molar-refractivity contribution in [2.24, 2.45) is 0 Å². The van der Waals surface area contributed by atoms with Gasteiger partial charge in [0, 0.05) is 19.2 Å². The predicted molar refractivity (Wildman–Crippen MR) is 65.0 cm³/mol. The van der Waals surface area contributed by atoms with E-state index >= 15 is 0 Å². The summed E-state index contributed by atoms with van der Waals surface area (Å²) < 4.78 is 37.5. The number of hydrogen-bond acceptors (Lipinski definition) is 4. The first kappa shape index (κ1) is 14.5. The maximum absolute atomic E-state index is 12.5. The van der Waals surface area contributed by atoms with E-state index in [1.807, 2.05) is 0 Å². The summed E-state index contributed by atoms with van der Waals surface area (Å²) in [6, 6.07) is 0. The molecule has 1 heterocycles. The normalized spacial score (nSPS) is 11.5. The Morgan fingerprint density at radius 1 is 1.22 bits per heavy atom. The van der Waals surface area contributed by atoms with Crippen molar-refractivity contribution in [1.29, 1.82) is 0 Å². The van der Waals surface area contributed by atoms with E-state index in [-0.39, 0.29) is 6.54 Å². The van der Waals surface area contributed by atoms with Crippen LogP contribution >= 0.6 is 0 Å². The van der Waals surface area contributed by atoms with E-state index < -0.39 is 12.7 Å². The number of aromatic nitrogens is 2. The molecule has 7 heteroatoms. The van der Waals surface area contributed by atoms with Gasteiger partial charge in [0.05, 0.1) is 0 Å². The molecule has 0 unspecified atom stereocenters. The van der Waals surface area contributed by atoms with Crippen LogP contribution in [-0.4, -0.2) is 36.3 Å². The second kappa shape index (κ2) is 5.41. The molecule has 0 aromatic carbocycles. The van der Waals surface area contributed by atoms with Crippen molar-refractivity contribution in [1.82, 2.24) is 9.97 Å². The molecule has 0 bridgehead atoms. The van der Waals surface area contributed by atoms with Gasteiger partial charge in [-0.05, 0) is 20.8 Å². The van der Waals surface area contributed by atoms with Crippen molar-refractivity contribution >= 4 is 11.6 Å². The summed E-state index contributed by atoms with van der Waals surface area (Å²) in [6.45, 7) is 4.26. The highest BCUT2D eigenvalue weighted by Gasteiger charge is 2.31. The maximum Gasteiger partial charge on any atom is 0.405 e. The lowest BCUT2D eigenvalue weighted by atomic mass is 10.2. The zero-order chi connectivity index (χ0) is 13.9. The Hall–Kier alpha value is -1.53. The highest BCUT2D eigenvalue weighted by Crippen LogP contribution is 2.26. The van der Waals surface area contributed by atoms with Gasteiger partial charge in [-0.2, -0.15) is 13.2 Å². The van der Waals surface area contributed by atoms with E-state index in [0.29, 0.717) is 23.0 Å². The maximum atomic E-state index is 12.5. The van der Waals surface area contributed by atoms with Gasteiger partial charge < -0.3 is 10.2 Å². The zero-order valence-electron chi connectivity index (χ0n) is 10.9. The fourth-order valence-electron chi connectivity index (χ4n) is 1.72. The molecule has 0 aliphatic heterocycles. The van der Waals surface area contributed by atoms with E-state index in [9.17, 15) is 13.2 Å². The highest BCUT2D eigenvalue weighted by atomic mass is 19.4. The van der Waals surface area contributed by atoms with Crippen LogP contribution in [0.15, 0.2) is 0 Å². The van der Waals surface area contributed by atoms with E-state index in [1.54, 1.807) is 27.8 Å². The van der Waals surface area contributed by atoms with Gasteiger partial charge in [-0.15, -0.1) is 0 Å². The molecule has 1 rings (SSSR count). The summed E-state index contributed by atoms with van der Waals surface area (Å²) >= 11 is 0. The molecule has 0 aliphatic carbocycles. The standard InChI is InChI=1S/C11H17F3N4/c1-5-18(6-11(12,13)14)10-7(2)9(15-4)16-8(3)17-10/h5-6H2,1-4H3,(H,15,16,17). The minimum absolute atomic E-state index is 0.236. The van der Waals surface area contributed by atoms with Crippen LogP contribution in [0.2, 0.25) is 0 Å². The lowest BCUT2D eigenvalue weighted by Crippen LogP contribution is -2.35. The summed E-state index contributed by atoms with van der Waals surface area (Å²) in [4.78, 5) is 9.45. The molecule has 1 N–H and O–H groups in total. The summed E-state index contributed by atoms with van der Waals surface area (Å²) in [5.41, 5.74) is 0.620. The number of hydrogen-bond donors (Lipinski definition) is 1. The highest BCUT2D eigenvalue weighted by molar-refractivity contribution is 5.58. The molecule has 0 aliphatic rings. The fraction of sp³-hybridized carbons (Fsp3) is 0.636. The first-order valence-electron chi connectivity index (χ1n) is 5.63. The lowest BCUT2D eigenvalue weighted by Gasteiger charge is -2.25.